The molecule has 0 aromatic carbocycles. The highest BCUT2D eigenvalue weighted by Gasteiger charge is 1.92. The van der Waals surface area contributed by atoms with Crippen molar-refractivity contribution in [2.75, 3.05) is 14.1 Å². The summed E-state index contributed by atoms with van der Waals surface area (Å²) in [7, 11) is -1.22. The monoisotopic (exact) mass is 263 g/mol. The second kappa shape index (κ2) is 8.23. The van der Waals surface area contributed by atoms with E-state index >= 15 is 0 Å². The Bertz CT molecular complexity index is 305. The molecule has 0 aliphatic heterocycles. The number of guanidine groups is 2. The zero-order valence-electron chi connectivity index (χ0n) is 8.08. The van der Waals surface area contributed by atoms with E-state index in [-0.39, 0.29) is 24.3 Å². The van der Waals surface area contributed by atoms with E-state index in [0.717, 1.165) is 0 Å². The Hall–Kier alpha value is -1.10. The SMILES string of the molecule is CN(C)C(N)=NC(=N)N.Cl.O=S(=O)(O)O. The van der Waals surface area contributed by atoms with Crippen LogP contribution < -0.4 is 11.5 Å². The molecule has 0 radical (unpaired) electrons. The highest BCUT2D eigenvalue weighted by atomic mass is 35.5. The molecule has 0 heterocycles. The summed E-state index contributed by atoms with van der Waals surface area (Å²) in [4.78, 5) is 5.03. The molecule has 0 unspecified atom stereocenters. The first-order valence-electron chi connectivity index (χ1n) is 3.09. The van der Waals surface area contributed by atoms with Gasteiger partial charge in [-0.05, 0) is 0 Å². The van der Waals surface area contributed by atoms with Gasteiger partial charge in [-0.25, -0.2) is 0 Å². The number of hydrogen-bond donors (Lipinski definition) is 5. The average molecular weight is 264 g/mol. The van der Waals surface area contributed by atoms with Crippen LogP contribution in [0, 0.1) is 5.41 Å². The zero-order valence-corrected chi connectivity index (χ0v) is 9.71. The van der Waals surface area contributed by atoms with Crippen molar-refractivity contribution >= 4 is 34.7 Å². The predicted octanol–water partition coefficient (Wildman–Crippen LogP) is -1.47. The molecule has 0 aliphatic carbocycles. The second-order valence-corrected chi connectivity index (χ2v) is 3.09. The molecule has 92 valence electrons. The summed E-state index contributed by atoms with van der Waals surface area (Å²) in [6.45, 7) is 0. The lowest BCUT2D eigenvalue weighted by atomic mass is 10.8. The summed E-state index contributed by atoms with van der Waals surface area (Å²) in [5.41, 5.74) is 10.2. The van der Waals surface area contributed by atoms with E-state index < -0.39 is 10.4 Å². The van der Waals surface area contributed by atoms with Gasteiger partial charge in [0.15, 0.2) is 5.96 Å². The molecular formula is C4H14ClN5O4S. The quantitative estimate of drug-likeness (QED) is 0.202. The van der Waals surface area contributed by atoms with E-state index in [0.29, 0.717) is 0 Å². The normalized spacial score (nSPS) is 10.5. The van der Waals surface area contributed by atoms with E-state index in [9.17, 15) is 0 Å². The van der Waals surface area contributed by atoms with Crippen molar-refractivity contribution < 1.29 is 17.5 Å². The molecule has 0 aliphatic rings. The lowest BCUT2D eigenvalue weighted by molar-refractivity contribution is 0.381. The molecule has 0 saturated carbocycles. The number of aliphatic imine (C=N–C) groups is 1. The van der Waals surface area contributed by atoms with Crippen LogP contribution in [0.5, 0.6) is 0 Å². The van der Waals surface area contributed by atoms with Gasteiger partial charge in [0, 0.05) is 14.1 Å². The van der Waals surface area contributed by atoms with Gasteiger partial charge in [0.05, 0.1) is 0 Å². The van der Waals surface area contributed by atoms with E-state index in [2.05, 4.69) is 4.99 Å². The molecule has 0 saturated heterocycles. The summed E-state index contributed by atoms with van der Waals surface area (Å²) < 4.78 is 31.6. The maximum Gasteiger partial charge on any atom is 0.394 e. The maximum atomic E-state index is 8.74. The molecular weight excluding hydrogens is 250 g/mol. The van der Waals surface area contributed by atoms with E-state index in [1.807, 2.05) is 0 Å². The fourth-order valence-corrected chi connectivity index (χ4v) is 0.223. The topological polar surface area (TPSA) is 166 Å². The third kappa shape index (κ3) is 32.2. The highest BCUT2D eigenvalue weighted by Crippen LogP contribution is 1.73. The Labute approximate surface area is 93.6 Å². The third-order valence-corrected chi connectivity index (χ3v) is 0.693. The number of rotatable bonds is 0. The van der Waals surface area contributed by atoms with Crippen LogP contribution in [0.15, 0.2) is 4.99 Å². The molecule has 15 heavy (non-hydrogen) atoms. The standard InChI is InChI=1S/C4H11N5.ClH.H2O4S/c1-9(2)4(7)8-3(5)6;;1-5(2,3)4/h1-2H3,(H5,5,6,7,8);1H;(H2,1,2,3,4). The summed E-state index contributed by atoms with van der Waals surface area (Å²) in [5, 5.41) is 6.70. The third-order valence-electron chi connectivity index (χ3n) is 0.693. The Morgan fingerprint density at radius 1 is 1.33 bits per heavy atom. The summed E-state index contributed by atoms with van der Waals surface area (Å²) in [6, 6.07) is 0. The molecule has 0 fully saturated rings. The number of nitrogens with zero attached hydrogens (tertiary/aromatic N) is 2. The number of nitrogens with two attached hydrogens (primary N) is 2. The van der Waals surface area contributed by atoms with E-state index in [4.69, 9.17) is 34.4 Å². The lowest BCUT2D eigenvalue weighted by Crippen LogP contribution is -2.32. The summed E-state index contributed by atoms with van der Waals surface area (Å²) in [5.74, 6) is -0.0382. The molecule has 0 atom stereocenters. The van der Waals surface area contributed by atoms with Crippen LogP contribution in [-0.4, -0.2) is 48.4 Å². The van der Waals surface area contributed by atoms with Gasteiger partial charge >= 0.3 is 10.4 Å². The van der Waals surface area contributed by atoms with Crippen molar-refractivity contribution in [3.63, 3.8) is 0 Å². The highest BCUT2D eigenvalue weighted by molar-refractivity contribution is 7.79. The van der Waals surface area contributed by atoms with Gasteiger partial charge in [-0.1, -0.05) is 0 Å². The van der Waals surface area contributed by atoms with Gasteiger partial charge < -0.3 is 16.4 Å². The smallest absolute Gasteiger partial charge is 0.369 e. The van der Waals surface area contributed by atoms with E-state index in [1.165, 1.54) is 0 Å². The van der Waals surface area contributed by atoms with Gasteiger partial charge in [-0.15, -0.1) is 12.4 Å². The summed E-state index contributed by atoms with van der Waals surface area (Å²) >= 11 is 0. The second-order valence-electron chi connectivity index (χ2n) is 2.20. The lowest BCUT2D eigenvalue weighted by Gasteiger charge is -2.08. The Morgan fingerprint density at radius 2 is 1.60 bits per heavy atom. The van der Waals surface area contributed by atoms with Crippen molar-refractivity contribution in [2.24, 2.45) is 16.5 Å². The molecule has 7 N–H and O–H groups in total. The Morgan fingerprint density at radius 3 is 1.67 bits per heavy atom. The maximum absolute atomic E-state index is 8.74. The largest absolute Gasteiger partial charge is 0.394 e. The molecule has 0 amide bonds. The Kier molecular flexibility index (Phi) is 10.7. The minimum atomic E-state index is -4.67. The number of halogens is 1. The van der Waals surface area contributed by atoms with Crippen molar-refractivity contribution in [2.45, 2.75) is 0 Å². The fraction of sp³-hybridized carbons (Fsp3) is 0.500. The fourth-order valence-electron chi connectivity index (χ4n) is 0.223. The van der Waals surface area contributed by atoms with Crippen molar-refractivity contribution in [1.29, 1.82) is 5.41 Å². The molecule has 0 bridgehead atoms. The molecule has 0 spiro atoms. The first kappa shape index (κ1) is 19.5. The van der Waals surface area contributed by atoms with Crippen LogP contribution in [-0.2, 0) is 10.4 Å². The van der Waals surface area contributed by atoms with Crippen molar-refractivity contribution in [1.82, 2.24) is 4.90 Å². The number of nitrogens with one attached hydrogen (secondary N) is 1. The average Bonchev–Trinajstić information content (AvgIpc) is 1.80. The van der Waals surface area contributed by atoms with Gasteiger partial charge in [-0.3, -0.25) is 14.5 Å². The zero-order chi connectivity index (χ0) is 11.9. The van der Waals surface area contributed by atoms with Gasteiger partial charge in [-0.2, -0.15) is 13.4 Å². The molecule has 9 nitrogen and oxygen atoms in total. The van der Waals surface area contributed by atoms with Gasteiger partial charge in [0.25, 0.3) is 0 Å². The van der Waals surface area contributed by atoms with Crippen LogP contribution in [0.1, 0.15) is 0 Å². The minimum absolute atomic E-state index is 0. The first-order chi connectivity index (χ1) is 6.04. The van der Waals surface area contributed by atoms with Gasteiger partial charge in [0.2, 0.25) is 5.96 Å². The molecule has 0 rings (SSSR count). The Balaban J connectivity index is -0.000000208. The van der Waals surface area contributed by atoms with Crippen LogP contribution in [0.4, 0.5) is 0 Å². The molecule has 0 aromatic heterocycles. The van der Waals surface area contributed by atoms with E-state index in [1.54, 1.807) is 19.0 Å². The first-order valence-corrected chi connectivity index (χ1v) is 4.49. The summed E-state index contributed by atoms with van der Waals surface area (Å²) in [6.07, 6.45) is 0. The van der Waals surface area contributed by atoms with Crippen molar-refractivity contribution in [3.05, 3.63) is 0 Å². The van der Waals surface area contributed by atoms with Crippen molar-refractivity contribution in [3.8, 4) is 0 Å². The van der Waals surface area contributed by atoms with Crippen LogP contribution in [0.3, 0.4) is 0 Å². The van der Waals surface area contributed by atoms with Crippen LogP contribution >= 0.6 is 12.4 Å². The molecule has 11 heteroatoms. The molecule has 0 aromatic rings. The minimum Gasteiger partial charge on any atom is -0.369 e. The van der Waals surface area contributed by atoms with Crippen LogP contribution in [0.25, 0.3) is 0 Å². The van der Waals surface area contributed by atoms with Gasteiger partial charge in [0.1, 0.15) is 0 Å². The number of hydrogen-bond acceptors (Lipinski definition) is 3. The van der Waals surface area contributed by atoms with Crippen LogP contribution in [0.2, 0.25) is 0 Å². The predicted molar refractivity (Wildman–Crippen MR) is 58.6 cm³/mol.